The van der Waals surface area contributed by atoms with E-state index in [2.05, 4.69) is 29.7 Å². The van der Waals surface area contributed by atoms with Gasteiger partial charge in [0, 0.05) is 18.4 Å². The number of aliphatic hydroxyl groups is 1. The van der Waals surface area contributed by atoms with Crippen molar-refractivity contribution in [2.75, 3.05) is 0 Å². The molecule has 0 saturated carbocycles. The standard InChI is InChI=1S/C13H17NO/c1-11-4-2-5-12(8-11)9-14-7-3-6-13(14)10-15/h2-7,11,15H,8-10H2,1H3. The molecule has 2 heteroatoms. The molecule has 0 saturated heterocycles. The van der Waals surface area contributed by atoms with Gasteiger partial charge in [0.05, 0.1) is 6.61 Å². The van der Waals surface area contributed by atoms with Gasteiger partial charge in [-0.2, -0.15) is 0 Å². The molecule has 0 radical (unpaired) electrons. The molecule has 0 aliphatic heterocycles. The van der Waals surface area contributed by atoms with Gasteiger partial charge in [-0.05, 0) is 24.5 Å². The minimum absolute atomic E-state index is 0.117. The van der Waals surface area contributed by atoms with E-state index in [1.54, 1.807) is 0 Å². The minimum Gasteiger partial charge on any atom is -0.390 e. The third kappa shape index (κ3) is 2.39. The molecular formula is C13H17NO. The Kier molecular flexibility index (Phi) is 3.07. The second-order valence-corrected chi connectivity index (χ2v) is 4.18. The average Bonchev–Trinajstić information content (AvgIpc) is 2.65. The molecule has 80 valence electrons. The molecule has 0 bridgehead atoms. The Labute approximate surface area is 90.5 Å². The minimum atomic E-state index is 0.117. The van der Waals surface area contributed by atoms with Gasteiger partial charge in [-0.1, -0.05) is 30.7 Å². The maximum Gasteiger partial charge on any atom is 0.0832 e. The zero-order valence-electron chi connectivity index (χ0n) is 9.06. The molecule has 1 N–H and O–H groups in total. The average molecular weight is 203 g/mol. The Morgan fingerprint density at radius 1 is 1.53 bits per heavy atom. The van der Waals surface area contributed by atoms with Crippen LogP contribution in [0.1, 0.15) is 19.0 Å². The highest BCUT2D eigenvalue weighted by molar-refractivity contribution is 5.20. The van der Waals surface area contributed by atoms with Gasteiger partial charge in [0.15, 0.2) is 0 Å². The molecule has 1 atom stereocenters. The highest BCUT2D eigenvalue weighted by Gasteiger charge is 2.08. The number of rotatable bonds is 3. The van der Waals surface area contributed by atoms with Crippen molar-refractivity contribution in [1.29, 1.82) is 0 Å². The molecule has 1 aliphatic carbocycles. The summed E-state index contributed by atoms with van der Waals surface area (Å²) in [6.07, 6.45) is 9.69. The molecule has 0 amide bonds. The van der Waals surface area contributed by atoms with Gasteiger partial charge in [-0.3, -0.25) is 0 Å². The van der Waals surface area contributed by atoms with Crippen LogP contribution in [0.4, 0.5) is 0 Å². The van der Waals surface area contributed by atoms with E-state index in [1.807, 2.05) is 18.3 Å². The number of allylic oxidation sites excluding steroid dienone is 4. The molecule has 2 nitrogen and oxygen atoms in total. The molecular weight excluding hydrogens is 186 g/mol. The van der Waals surface area contributed by atoms with E-state index >= 15 is 0 Å². The van der Waals surface area contributed by atoms with Crippen LogP contribution in [0.25, 0.3) is 0 Å². The Bertz CT molecular complexity index is 387. The summed E-state index contributed by atoms with van der Waals surface area (Å²) in [5, 5.41) is 9.13. The van der Waals surface area contributed by atoms with E-state index in [0.29, 0.717) is 5.92 Å². The maximum atomic E-state index is 9.13. The normalized spacial score (nSPS) is 20.4. The third-order valence-corrected chi connectivity index (χ3v) is 2.81. The first kappa shape index (κ1) is 10.2. The fraction of sp³-hybridized carbons (Fsp3) is 0.385. The van der Waals surface area contributed by atoms with Crippen molar-refractivity contribution in [3.8, 4) is 0 Å². The molecule has 15 heavy (non-hydrogen) atoms. The van der Waals surface area contributed by atoms with Gasteiger partial charge in [0.25, 0.3) is 0 Å². The van der Waals surface area contributed by atoms with E-state index in [0.717, 1.165) is 18.7 Å². The summed E-state index contributed by atoms with van der Waals surface area (Å²) in [6, 6.07) is 3.94. The molecule has 1 heterocycles. The molecule has 0 spiro atoms. The second-order valence-electron chi connectivity index (χ2n) is 4.18. The first-order chi connectivity index (χ1) is 7.29. The lowest BCUT2D eigenvalue weighted by molar-refractivity contribution is 0.271. The van der Waals surface area contributed by atoms with E-state index in [1.165, 1.54) is 5.57 Å². The van der Waals surface area contributed by atoms with Crippen molar-refractivity contribution in [3.05, 3.63) is 47.8 Å². The Balaban J connectivity index is 2.09. The Morgan fingerprint density at radius 2 is 2.40 bits per heavy atom. The zero-order valence-corrected chi connectivity index (χ0v) is 9.06. The largest absolute Gasteiger partial charge is 0.390 e. The lowest BCUT2D eigenvalue weighted by Gasteiger charge is -2.16. The summed E-state index contributed by atoms with van der Waals surface area (Å²) >= 11 is 0. The van der Waals surface area contributed by atoms with E-state index in [9.17, 15) is 0 Å². The lowest BCUT2D eigenvalue weighted by atomic mass is 9.96. The number of hydrogen-bond acceptors (Lipinski definition) is 1. The fourth-order valence-electron chi connectivity index (χ4n) is 2.01. The fourth-order valence-corrected chi connectivity index (χ4v) is 2.01. The molecule has 1 aromatic heterocycles. The number of aliphatic hydroxyl groups excluding tert-OH is 1. The van der Waals surface area contributed by atoms with Crippen LogP contribution in [0.15, 0.2) is 42.1 Å². The van der Waals surface area contributed by atoms with Crippen LogP contribution in [0.2, 0.25) is 0 Å². The predicted molar refractivity (Wildman–Crippen MR) is 61.4 cm³/mol. The summed E-state index contributed by atoms with van der Waals surface area (Å²) in [4.78, 5) is 0. The zero-order chi connectivity index (χ0) is 10.7. The van der Waals surface area contributed by atoms with Crippen molar-refractivity contribution < 1.29 is 5.11 Å². The smallest absolute Gasteiger partial charge is 0.0832 e. The highest BCUT2D eigenvalue weighted by Crippen LogP contribution is 2.20. The molecule has 1 unspecified atom stereocenters. The number of hydrogen-bond donors (Lipinski definition) is 1. The van der Waals surface area contributed by atoms with E-state index < -0.39 is 0 Å². The summed E-state index contributed by atoms with van der Waals surface area (Å²) < 4.78 is 2.11. The topological polar surface area (TPSA) is 25.2 Å². The SMILES string of the molecule is CC1C=CC=C(Cn2cccc2CO)C1. The van der Waals surface area contributed by atoms with Crippen LogP contribution in [0, 0.1) is 5.92 Å². The molecule has 1 aromatic rings. The van der Waals surface area contributed by atoms with Gasteiger partial charge in [0.2, 0.25) is 0 Å². The molecule has 1 aliphatic rings. The van der Waals surface area contributed by atoms with Crippen molar-refractivity contribution in [2.45, 2.75) is 26.5 Å². The summed E-state index contributed by atoms with van der Waals surface area (Å²) in [5.41, 5.74) is 2.41. The van der Waals surface area contributed by atoms with Crippen LogP contribution in [0.5, 0.6) is 0 Å². The van der Waals surface area contributed by atoms with Gasteiger partial charge < -0.3 is 9.67 Å². The van der Waals surface area contributed by atoms with Crippen LogP contribution >= 0.6 is 0 Å². The van der Waals surface area contributed by atoms with Gasteiger partial charge in [-0.25, -0.2) is 0 Å². The Morgan fingerprint density at radius 3 is 3.13 bits per heavy atom. The van der Waals surface area contributed by atoms with Crippen molar-refractivity contribution >= 4 is 0 Å². The first-order valence-electron chi connectivity index (χ1n) is 5.40. The monoisotopic (exact) mass is 203 g/mol. The first-order valence-corrected chi connectivity index (χ1v) is 5.40. The molecule has 0 aromatic carbocycles. The van der Waals surface area contributed by atoms with Crippen LogP contribution in [0.3, 0.4) is 0 Å². The predicted octanol–water partition coefficient (Wildman–Crippen LogP) is 2.50. The summed E-state index contributed by atoms with van der Waals surface area (Å²) in [5.74, 6) is 0.637. The number of aromatic nitrogens is 1. The summed E-state index contributed by atoms with van der Waals surface area (Å²) in [6.45, 7) is 3.25. The molecule has 2 rings (SSSR count). The number of nitrogens with zero attached hydrogens (tertiary/aromatic N) is 1. The van der Waals surface area contributed by atoms with E-state index in [4.69, 9.17) is 5.11 Å². The van der Waals surface area contributed by atoms with E-state index in [-0.39, 0.29) is 6.61 Å². The van der Waals surface area contributed by atoms with Crippen LogP contribution < -0.4 is 0 Å². The van der Waals surface area contributed by atoms with Crippen molar-refractivity contribution in [2.24, 2.45) is 5.92 Å². The van der Waals surface area contributed by atoms with Crippen molar-refractivity contribution in [3.63, 3.8) is 0 Å². The third-order valence-electron chi connectivity index (χ3n) is 2.81. The Hall–Kier alpha value is -1.28. The van der Waals surface area contributed by atoms with Gasteiger partial charge >= 0.3 is 0 Å². The maximum absolute atomic E-state index is 9.13. The molecule has 0 fully saturated rings. The summed E-state index contributed by atoms with van der Waals surface area (Å²) in [7, 11) is 0. The second kappa shape index (κ2) is 4.49. The lowest BCUT2D eigenvalue weighted by Crippen LogP contribution is -2.07. The van der Waals surface area contributed by atoms with Gasteiger partial charge in [-0.15, -0.1) is 0 Å². The quantitative estimate of drug-likeness (QED) is 0.802. The van der Waals surface area contributed by atoms with Crippen molar-refractivity contribution in [1.82, 2.24) is 4.57 Å². The van der Waals surface area contributed by atoms with Gasteiger partial charge in [0.1, 0.15) is 0 Å². The highest BCUT2D eigenvalue weighted by atomic mass is 16.3. The van der Waals surface area contributed by atoms with Crippen LogP contribution in [-0.2, 0) is 13.2 Å². The van der Waals surface area contributed by atoms with Crippen LogP contribution in [-0.4, -0.2) is 9.67 Å².